The summed E-state index contributed by atoms with van der Waals surface area (Å²) in [6.45, 7) is 2.81. The quantitative estimate of drug-likeness (QED) is 0.0116. The number of aliphatic carboxylic acids is 2. The summed E-state index contributed by atoms with van der Waals surface area (Å²) in [5.41, 5.74) is 27.1. The lowest BCUT2D eigenvalue weighted by molar-refractivity contribution is -0.146. The zero-order valence-electron chi connectivity index (χ0n) is 57.6. The molecule has 15 atom stereocenters. The van der Waals surface area contributed by atoms with Crippen LogP contribution in [-0.2, 0) is 86.3 Å². The van der Waals surface area contributed by atoms with Gasteiger partial charge in [0.25, 0.3) is 0 Å². The van der Waals surface area contributed by atoms with E-state index in [0.29, 0.717) is 12.8 Å². The van der Waals surface area contributed by atoms with Gasteiger partial charge in [-0.2, -0.15) is 12.6 Å². The third kappa shape index (κ3) is 30.6. The van der Waals surface area contributed by atoms with Crippen LogP contribution in [0, 0.1) is 5.92 Å². The third-order valence-corrected chi connectivity index (χ3v) is 16.6. The van der Waals surface area contributed by atoms with Crippen LogP contribution < -0.4 is 92.5 Å². The van der Waals surface area contributed by atoms with E-state index in [0.717, 1.165) is 30.6 Å². The number of hydrogen-bond acceptors (Lipinski definition) is 24. The molecule has 16 amide bonds. The number of carboxylic acids is 2. The largest absolute Gasteiger partial charge is 0.481 e. The fourth-order valence-electron chi connectivity index (χ4n) is 10.3. The maximum atomic E-state index is 14.1. The van der Waals surface area contributed by atoms with Gasteiger partial charge in [-0.3, -0.25) is 86.5 Å². The van der Waals surface area contributed by atoms with Gasteiger partial charge < -0.3 is 128 Å². The van der Waals surface area contributed by atoms with Crippen LogP contribution in [0.25, 0.3) is 0 Å². The lowest BCUT2D eigenvalue weighted by Gasteiger charge is -2.30. The van der Waals surface area contributed by atoms with Crippen molar-refractivity contribution >= 4 is 125 Å². The van der Waals surface area contributed by atoms with Gasteiger partial charge in [-0.25, -0.2) is 4.79 Å². The Kier molecular flexibility index (Phi) is 38.3. The van der Waals surface area contributed by atoms with Crippen LogP contribution >= 0.6 is 12.6 Å². The molecule has 2 aliphatic rings. The van der Waals surface area contributed by atoms with Gasteiger partial charge in [0, 0.05) is 38.2 Å². The summed E-state index contributed by atoms with van der Waals surface area (Å²) in [6.07, 6.45) is -5.90. The Morgan fingerprint density at radius 3 is 1.52 bits per heavy atom. The Balaban J connectivity index is 2.24. The third-order valence-electron chi connectivity index (χ3n) is 16.2. The first-order valence-electron chi connectivity index (χ1n) is 32.8. The van der Waals surface area contributed by atoms with Crippen molar-refractivity contribution in [3.8, 4) is 0 Å². The second-order valence-electron chi connectivity index (χ2n) is 24.4. The SMILES string of the molecule is CC[C@H](C)[C@H](NC(=O)[C@@H]1CCCN1C(=O)CNC(=O)[C@@H](NC(=O)[C@H](CO)NC(=O)[C@@H]1CCCN1C(=O)[C@H](CC(=O)O)NC(=O)CNC(=O)[C@H](CCC(N)=O)NC(=O)[C@H](CCCN=C(N)N)NC(=O)[C@H](C)NC(=O)[C@H](CCC(N)=O)NC(=O)[C@@H](NC(=O)CNC(=O)[C@@H](N)CS)[C@@H](C)O)[C@@H](C)O)C(=O)O. The van der Waals surface area contributed by atoms with Crippen molar-refractivity contribution in [3.63, 3.8) is 0 Å². The lowest BCUT2D eigenvalue weighted by Crippen LogP contribution is -2.61. The van der Waals surface area contributed by atoms with E-state index < -0.39 is 255 Å². The van der Waals surface area contributed by atoms with Crippen LogP contribution in [0.5, 0.6) is 0 Å². The molecule has 0 bridgehead atoms. The molecule has 2 heterocycles. The van der Waals surface area contributed by atoms with Gasteiger partial charge in [0.2, 0.25) is 94.5 Å². The standard InChI is InChI=1S/C59H98N20O23S/c1-6-26(2)44(58(101)102)76-54(97)36-11-8-18-78(36)42(87)23-68-55(98)45(28(4)81)77-52(95)35(24-80)74-53(96)37-12-9-19-79(37)57(100)34(20-43(88)89)70-40(85)21-67-49(92)32(13-15-38(61)83)72-51(94)31(10-7-17-65-59(63)64)71-47(90)27(3)69-50(93)33(14-16-39(62)84)73-56(99)46(29(5)82)75-41(86)22-66-48(91)30(60)25-103/h26-37,44-46,80-82,103H,6-25,60H2,1-5H3,(H2,61,83)(H2,62,84)(H,66,91)(H,67,92)(H,68,98)(H,69,93)(H,70,85)(H,71,90)(H,72,94)(H,73,99)(H,74,96)(H,75,86)(H,76,97)(H,77,95)(H,88,89)(H,101,102)(H4,63,64,65)/t26-,27-,28+,29+,30-,31-,32-,33-,34-,35-,36-,37-,44-,45-,46-/m0/s1. The van der Waals surface area contributed by atoms with Gasteiger partial charge in [0.05, 0.1) is 50.9 Å². The molecule has 2 saturated heterocycles. The molecule has 0 unspecified atom stereocenters. The number of aliphatic hydroxyl groups excluding tert-OH is 3. The fourth-order valence-corrected chi connectivity index (χ4v) is 10.4. The summed E-state index contributed by atoms with van der Waals surface area (Å²) < 4.78 is 0. The van der Waals surface area contributed by atoms with Crippen molar-refractivity contribution in [2.24, 2.45) is 39.6 Å². The predicted octanol–water partition coefficient (Wildman–Crippen LogP) is -12.1. The van der Waals surface area contributed by atoms with Crippen molar-refractivity contribution in [3.05, 3.63) is 0 Å². The van der Waals surface area contributed by atoms with E-state index in [4.69, 9.17) is 28.7 Å². The second kappa shape index (κ2) is 44.3. The smallest absolute Gasteiger partial charge is 0.326 e. The molecular formula is C59H98N20O23S. The van der Waals surface area contributed by atoms with E-state index in [-0.39, 0.29) is 63.5 Å². The molecule has 0 aromatic carbocycles. The van der Waals surface area contributed by atoms with E-state index in [9.17, 15) is 112 Å². The number of aliphatic imine (C=N–C) groups is 1. The van der Waals surface area contributed by atoms with Crippen molar-refractivity contribution in [2.75, 3.05) is 51.6 Å². The van der Waals surface area contributed by atoms with E-state index in [1.165, 1.54) is 0 Å². The molecule has 0 aromatic heterocycles. The molecule has 0 spiro atoms. The minimum absolute atomic E-state index is 0.0423. The van der Waals surface area contributed by atoms with Crippen molar-refractivity contribution in [2.45, 2.75) is 196 Å². The maximum Gasteiger partial charge on any atom is 0.326 e. The van der Waals surface area contributed by atoms with Crippen LogP contribution in [0.4, 0.5) is 0 Å². The normalized spacial score (nSPS) is 17.7. The number of amides is 16. The molecule has 103 heavy (non-hydrogen) atoms. The minimum Gasteiger partial charge on any atom is -0.481 e. The molecule has 578 valence electrons. The van der Waals surface area contributed by atoms with Crippen LogP contribution in [-0.4, -0.2) is 284 Å². The molecule has 2 rings (SSSR count). The first-order valence-corrected chi connectivity index (χ1v) is 33.5. The van der Waals surface area contributed by atoms with Gasteiger partial charge in [-0.05, 0) is 78.1 Å². The molecule has 2 fully saturated rings. The number of hydrogen-bond donors (Lipinski definition) is 23. The van der Waals surface area contributed by atoms with E-state index in [1.807, 2.05) is 0 Å². The summed E-state index contributed by atoms with van der Waals surface area (Å²) >= 11 is 3.90. The first-order chi connectivity index (χ1) is 48.3. The number of carbonyl (C=O) groups excluding carboxylic acids is 16. The van der Waals surface area contributed by atoms with Crippen LogP contribution in [0.2, 0.25) is 0 Å². The van der Waals surface area contributed by atoms with Crippen LogP contribution in [0.15, 0.2) is 4.99 Å². The van der Waals surface area contributed by atoms with E-state index in [2.05, 4.69) is 81.4 Å². The van der Waals surface area contributed by atoms with Crippen molar-refractivity contribution < 1.29 is 112 Å². The van der Waals surface area contributed by atoms with Gasteiger partial charge in [0.15, 0.2) is 5.96 Å². The Labute approximate surface area is 596 Å². The summed E-state index contributed by atoms with van der Waals surface area (Å²) in [4.78, 5) is 242. The van der Waals surface area contributed by atoms with Gasteiger partial charge in [-0.1, -0.05) is 20.3 Å². The molecule has 44 heteroatoms. The minimum atomic E-state index is -1.95. The number of nitrogens with zero attached hydrogens (tertiary/aromatic N) is 3. The number of carbonyl (C=O) groups is 18. The zero-order chi connectivity index (χ0) is 78.1. The summed E-state index contributed by atoms with van der Waals surface area (Å²) in [5.74, 6) is -20.4. The van der Waals surface area contributed by atoms with Crippen LogP contribution in [0.3, 0.4) is 0 Å². The molecular weight excluding hydrogens is 1390 g/mol. The molecule has 43 nitrogen and oxygen atoms in total. The average Bonchev–Trinajstić information content (AvgIpc) is 1.73. The molecule has 27 N–H and O–H groups in total. The number of aliphatic hydroxyl groups is 3. The van der Waals surface area contributed by atoms with E-state index in [1.54, 1.807) is 13.8 Å². The highest BCUT2D eigenvalue weighted by Gasteiger charge is 2.42. The molecule has 0 aromatic rings. The summed E-state index contributed by atoms with van der Waals surface area (Å²) in [7, 11) is 0. The number of primary amides is 2. The zero-order valence-corrected chi connectivity index (χ0v) is 58.5. The van der Waals surface area contributed by atoms with Crippen molar-refractivity contribution in [1.82, 2.24) is 73.6 Å². The number of guanidine groups is 1. The fraction of sp³-hybridized carbons (Fsp3) is 0.678. The highest BCUT2D eigenvalue weighted by molar-refractivity contribution is 7.80. The highest BCUT2D eigenvalue weighted by atomic mass is 32.1. The Morgan fingerprint density at radius 1 is 0.524 bits per heavy atom. The van der Waals surface area contributed by atoms with Gasteiger partial charge in [0.1, 0.15) is 66.5 Å². The predicted molar refractivity (Wildman–Crippen MR) is 360 cm³/mol. The Bertz CT molecular complexity index is 3100. The van der Waals surface area contributed by atoms with Crippen LogP contribution in [0.1, 0.15) is 112 Å². The topological polar surface area (TPSA) is 702 Å². The monoisotopic (exact) mass is 1490 g/mol. The molecule has 0 saturated carbocycles. The number of thiol groups is 1. The Hall–Kier alpha value is -10.1. The number of nitrogens with one attached hydrogen (secondary N) is 12. The van der Waals surface area contributed by atoms with Gasteiger partial charge >= 0.3 is 11.9 Å². The number of rotatable bonds is 45. The highest BCUT2D eigenvalue weighted by Crippen LogP contribution is 2.21. The lowest BCUT2D eigenvalue weighted by atomic mass is 9.99. The average molecular weight is 1490 g/mol. The molecule has 0 radical (unpaired) electrons. The number of likely N-dealkylation sites (tertiary alicyclic amines) is 2. The summed E-state index contributed by atoms with van der Waals surface area (Å²) in [5, 5.41) is 77.7. The van der Waals surface area contributed by atoms with E-state index >= 15 is 0 Å². The van der Waals surface area contributed by atoms with Gasteiger partial charge in [-0.15, -0.1) is 0 Å². The molecule has 2 aliphatic heterocycles. The first kappa shape index (κ1) is 89.0. The number of nitrogens with two attached hydrogens (primary N) is 5. The maximum absolute atomic E-state index is 14.1. The Morgan fingerprint density at radius 2 is 1.00 bits per heavy atom. The number of carboxylic acid groups (broad SMARTS) is 2. The van der Waals surface area contributed by atoms with Crippen molar-refractivity contribution in [1.29, 1.82) is 0 Å². The second-order valence-corrected chi connectivity index (χ2v) is 24.8. The summed E-state index contributed by atoms with van der Waals surface area (Å²) in [6, 6.07) is -18.9. The molecule has 0 aliphatic carbocycles.